The van der Waals surface area contributed by atoms with Crippen LogP contribution in [0.25, 0.3) is 17.3 Å². The molecule has 0 saturated carbocycles. The van der Waals surface area contributed by atoms with Crippen molar-refractivity contribution in [3.05, 3.63) is 88.7 Å². The Morgan fingerprint density at radius 1 is 1.24 bits per heavy atom. The second kappa shape index (κ2) is 13.6. The van der Waals surface area contributed by atoms with E-state index in [1.54, 1.807) is 41.4 Å². The number of benzene rings is 1. The molecule has 2 heterocycles. The van der Waals surface area contributed by atoms with E-state index >= 15 is 0 Å². The molecule has 0 aliphatic carbocycles. The summed E-state index contributed by atoms with van der Waals surface area (Å²) < 4.78 is 15.7. The molecule has 1 atom stereocenters. The average molecular weight is 527 g/mol. The number of aromatic nitrogens is 3. The Morgan fingerprint density at radius 3 is 2.47 bits per heavy atom. The number of hydrogen-bond acceptors (Lipinski definition) is 3. The minimum atomic E-state index is -0.325. The van der Waals surface area contributed by atoms with Crippen LogP contribution in [0.15, 0.2) is 66.1 Å². The normalized spacial score (nSPS) is 11.9. The first-order valence-electron chi connectivity index (χ1n) is 11.4. The molecule has 1 unspecified atom stereocenters. The van der Waals surface area contributed by atoms with E-state index in [2.05, 4.69) is 58.7 Å². The number of nitrogens with one attached hydrogen (secondary N) is 1. The zero-order valence-corrected chi connectivity index (χ0v) is 21.8. The molecule has 3 rings (SSSR count). The van der Waals surface area contributed by atoms with Crippen LogP contribution in [-0.4, -0.2) is 20.7 Å². The summed E-state index contributed by atoms with van der Waals surface area (Å²) >= 11 is 3.39. The third-order valence-electron chi connectivity index (χ3n) is 4.93. The van der Waals surface area contributed by atoms with Gasteiger partial charge in [-0.3, -0.25) is 4.79 Å². The van der Waals surface area contributed by atoms with Crippen molar-refractivity contribution < 1.29 is 9.18 Å². The van der Waals surface area contributed by atoms with Crippen molar-refractivity contribution in [1.29, 1.82) is 0 Å². The summed E-state index contributed by atoms with van der Waals surface area (Å²) in [5.41, 5.74) is 3.49. The Balaban J connectivity index is 0.00000129. The lowest BCUT2D eigenvalue weighted by Crippen LogP contribution is -2.29. The number of amides is 1. The topological polar surface area (TPSA) is 59.8 Å². The van der Waals surface area contributed by atoms with Crippen molar-refractivity contribution >= 4 is 33.5 Å². The number of carbonyl (C=O) groups is 1. The fraction of sp³-hybridized carbons (Fsp3) is 0.296. The summed E-state index contributed by atoms with van der Waals surface area (Å²) in [6.07, 6.45) is 9.71. The summed E-state index contributed by atoms with van der Waals surface area (Å²) in [7, 11) is 0. The van der Waals surface area contributed by atoms with E-state index < -0.39 is 0 Å². The van der Waals surface area contributed by atoms with Gasteiger partial charge >= 0.3 is 0 Å². The summed E-state index contributed by atoms with van der Waals surface area (Å²) in [5.74, 6) is -0.523. The molecule has 3 aromatic rings. The van der Waals surface area contributed by atoms with Crippen LogP contribution in [-0.2, 0) is 4.79 Å². The first-order valence-corrected chi connectivity index (χ1v) is 12.2. The second-order valence-corrected chi connectivity index (χ2v) is 8.48. The van der Waals surface area contributed by atoms with Gasteiger partial charge in [0.15, 0.2) is 0 Å². The molecule has 0 aliphatic rings. The van der Waals surface area contributed by atoms with Crippen LogP contribution >= 0.6 is 15.9 Å². The number of hydrogen-bond donors (Lipinski definition) is 1. The van der Waals surface area contributed by atoms with E-state index in [1.165, 1.54) is 18.6 Å². The molecule has 1 aromatic carbocycles. The second-order valence-electron chi connectivity index (χ2n) is 7.67. The van der Waals surface area contributed by atoms with E-state index in [4.69, 9.17) is 0 Å². The van der Waals surface area contributed by atoms with Crippen LogP contribution < -0.4 is 5.32 Å². The monoisotopic (exact) mass is 526 g/mol. The molecular formula is C27H32BrFN4O. The molecule has 180 valence electrons. The molecule has 5 nitrogen and oxygen atoms in total. The molecule has 34 heavy (non-hydrogen) atoms. The molecule has 1 N–H and O–H groups in total. The SMILES string of the molecule is C=Cc1c(/C(=C\C)C(=O)NC(CCC)c2ccnc(Br)c2)cnn1-c1ccc(F)cc1.CCC. The Bertz CT molecular complexity index is 1120. The quantitative estimate of drug-likeness (QED) is 0.247. The molecule has 0 bridgehead atoms. The zero-order chi connectivity index (χ0) is 25.1. The largest absolute Gasteiger partial charge is 0.345 e. The lowest BCUT2D eigenvalue weighted by molar-refractivity contribution is -0.116. The first-order chi connectivity index (χ1) is 16.4. The van der Waals surface area contributed by atoms with Crippen molar-refractivity contribution in [1.82, 2.24) is 20.1 Å². The summed E-state index contributed by atoms with van der Waals surface area (Å²) in [4.78, 5) is 17.4. The van der Waals surface area contributed by atoms with Gasteiger partial charge in [0.2, 0.25) is 0 Å². The van der Waals surface area contributed by atoms with Crippen LogP contribution in [0.5, 0.6) is 0 Å². The highest BCUT2D eigenvalue weighted by Gasteiger charge is 2.22. The van der Waals surface area contributed by atoms with E-state index in [0.717, 1.165) is 23.0 Å². The maximum absolute atomic E-state index is 13.3. The average Bonchev–Trinajstić information content (AvgIpc) is 3.24. The van der Waals surface area contributed by atoms with E-state index in [1.807, 2.05) is 19.1 Å². The zero-order valence-electron chi connectivity index (χ0n) is 20.2. The van der Waals surface area contributed by atoms with Crippen molar-refractivity contribution in [3.8, 4) is 5.69 Å². The van der Waals surface area contributed by atoms with Gasteiger partial charge in [-0.2, -0.15) is 5.10 Å². The van der Waals surface area contributed by atoms with E-state index in [-0.39, 0.29) is 17.8 Å². The van der Waals surface area contributed by atoms with Gasteiger partial charge in [-0.15, -0.1) is 0 Å². The Kier molecular flexibility index (Phi) is 10.9. The number of halogens is 2. The predicted octanol–water partition coefficient (Wildman–Crippen LogP) is 7.29. The van der Waals surface area contributed by atoms with Crippen molar-refractivity contribution in [2.24, 2.45) is 0 Å². The van der Waals surface area contributed by atoms with Crippen molar-refractivity contribution in [3.63, 3.8) is 0 Å². The molecular weight excluding hydrogens is 495 g/mol. The van der Waals surface area contributed by atoms with Crippen molar-refractivity contribution in [2.45, 2.75) is 53.0 Å². The summed E-state index contributed by atoms with van der Waals surface area (Å²) in [5, 5.41) is 7.55. The smallest absolute Gasteiger partial charge is 0.252 e. The minimum absolute atomic E-state index is 0.147. The highest BCUT2D eigenvalue weighted by Crippen LogP contribution is 2.26. The fourth-order valence-corrected chi connectivity index (χ4v) is 3.82. The molecule has 7 heteroatoms. The Labute approximate surface area is 209 Å². The number of carbonyl (C=O) groups excluding carboxylic acids is 1. The molecule has 0 radical (unpaired) electrons. The van der Waals surface area contributed by atoms with Gasteiger partial charge in [0.25, 0.3) is 5.91 Å². The van der Waals surface area contributed by atoms with Crippen LogP contribution in [0.1, 0.15) is 69.8 Å². The number of pyridine rings is 1. The van der Waals surface area contributed by atoms with Crippen molar-refractivity contribution in [2.75, 3.05) is 0 Å². The standard InChI is InChI=1S/C24H24BrFN4O.C3H8/c1-4-7-21(16-12-13-27-23(25)14-16)29-24(31)19(5-2)20-15-28-30(22(20)6-3)18-10-8-17(26)9-11-18;1-3-2/h5-6,8-15,21H,3-4,7H2,1-2H3,(H,29,31);3H2,1-2H3/b19-5+;. The van der Waals surface area contributed by atoms with Gasteiger partial charge in [-0.25, -0.2) is 14.1 Å². The third-order valence-corrected chi connectivity index (χ3v) is 5.36. The highest BCUT2D eigenvalue weighted by molar-refractivity contribution is 9.10. The Morgan fingerprint density at radius 2 is 1.91 bits per heavy atom. The minimum Gasteiger partial charge on any atom is -0.345 e. The third kappa shape index (κ3) is 6.97. The summed E-state index contributed by atoms with van der Waals surface area (Å²) in [6.45, 7) is 12.0. The maximum Gasteiger partial charge on any atom is 0.252 e. The molecule has 2 aromatic heterocycles. The number of nitrogens with zero attached hydrogens (tertiary/aromatic N) is 3. The van der Waals surface area contributed by atoms with Gasteiger partial charge in [0.1, 0.15) is 10.4 Å². The van der Waals surface area contributed by atoms with Crippen LogP contribution in [0, 0.1) is 5.82 Å². The molecule has 0 aliphatic heterocycles. The van der Waals surface area contributed by atoms with Gasteiger partial charge in [0.05, 0.1) is 23.6 Å². The van der Waals surface area contributed by atoms with Gasteiger partial charge in [-0.1, -0.05) is 46.3 Å². The molecule has 0 spiro atoms. The van der Waals surface area contributed by atoms with E-state index in [9.17, 15) is 9.18 Å². The molecule has 0 saturated heterocycles. The highest BCUT2D eigenvalue weighted by atomic mass is 79.9. The van der Waals surface area contributed by atoms with Gasteiger partial charge in [-0.05, 0) is 77.3 Å². The van der Waals surface area contributed by atoms with Gasteiger partial charge < -0.3 is 5.32 Å². The fourth-order valence-electron chi connectivity index (χ4n) is 3.44. The van der Waals surface area contributed by atoms with E-state index in [0.29, 0.717) is 22.5 Å². The van der Waals surface area contributed by atoms with Crippen LogP contribution in [0.4, 0.5) is 4.39 Å². The molecule has 0 fully saturated rings. The van der Waals surface area contributed by atoms with Crippen LogP contribution in [0.2, 0.25) is 0 Å². The maximum atomic E-state index is 13.3. The van der Waals surface area contributed by atoms with Crippen LogP contribution in [0.3, 0.4) is 0 Å². The number of allylic oxidation sites excluding steroid dienone is 1. The predicted molar refractivity (Wildman–Crippen MR) is 141 cm³/mol. The van der Waals surface area contributed by atoms with Gasteiger partial charge in [0, 0.05) is 17.3 Å². The lowest BCUT2D eigenvalue weighted by atomic mass is 10.0. The lowest BCUT2D eigenvalue weighted by Gasteiger charge is -2.20. The number of rotatable bonds is 8. The Hall–Kier alpha value is -3.06. The molecule has 1 amide bonds. The first kappa shape index (κ1) is 27.2. The summed E-state index contributed by atoms with van der Waals surface area (Å²) in [6, 6.07) is 9.68.